The van der Waals surface area contributed by atoms with E-state index in [4.69, 9.17) is 9.15 Å². The molecule has 0 fully saturated rings. The molecule has 0 unspecified atom stereocenters. The molecule has 1 amide bonds. The fourth-order valence-electron chi connectivity index (χ4n) is 2.46. The lowest BCUT2D eigenvalue weighted by Gasteiger charge is -2.12. The average Bonchev–Trinajstić information content (AvgIpc) is 3.18. The number of benzene rings is 1. The second kappa shape index (κ2) is 7.56. The van der Waals surface area contributed by atoms with Gasteiger partial charge in [-0.15, -0.1) is 0 Å². The maximum Gasteiger partial charge on any atom is 0.321 e. The number of furan rings is 1. The zero-order valence-electron chi connectivity index (χ0n) is 14.0. The molecule has 0 saturated heterocycles. The second-order valence-corrected chi connectivity index (χ2v) is 5.43. The number of rotatable bonds is 6. The molecule has 0 radical (unpaired) electrons. The van der Waals surface area contributed by atoms with E-state index in [1.54, 1.807) is 36.4 Å². The van der Waals surface area contributed by atoms with Crippen LogP contribution in [0.5, 0.6) is 5.75 Å². The Bertz CT molecular complexity index is 1020. The topological polar surface area (TPSA) is 95.5 Å². The molecule has 8 heteroatoms. The van der Waals surface area contributed by atoms with Crippen molar-refractivity contribution in [1.29, 1.82) is 0 Å². The van der Waals surface area contributed by atoms with Crippen LogP contribution in [0.3, 0.4) is 0 Å². The molecule has 8 nitrogen and oxygen atoms in total. The van der Waals surface area contributed by atoms with E-state index in [9.17, 15) is 14.4 Å². The van der Waals surface area contributed by atoms with Crippen molar-refractivity contribution in [2.45, 2.75) is 13.1 Å². The Labute approximate surface area is 148 Å². The predicted octanol–water partition coefficient (Wildman–Crippen LogP) is 0.917. The van der Waals surface area contributed by atoms with Gasteiger partial charge in [0, 0.05) is 12.4 Å². The Kier molecular flexibility index (Phi) is 5.02. The summed E-state index contributed by atoms with van der Waals surface area (Å²) >= 11 is 0. The normalized spacial score (nSPS) is 10.5. The molecule has 0 bridgehead atoms. The van der Waals surface area contributed by atoms with Gasteiger partial charge in [-0.3, -0.25) is 23.5 Å². The van der Waals surface area contributed by atoms with Crippen LogP contribution >= 0.6 is 0 Å². The minimum absolute atomic E-state index is 0.207. The van der Waals surface area contributed by atoms with Gasteiger partial charge in [-0.25, -0.2) is 0 Å². The first-order valence-corrected chi connectivity index (χ1v) is 7.84. The quantitative estimate of drug-likeness (QED) is 0.664. The molecule has 1 aromatic carbocycles. The molecule has 0 aliphatic carbocycles. The van der Waals surface area contributed by atoms with Gasteiger partial charge in [0.15, 0.2) is 0 Å². The number of nitrogens with one attached hydrogen (secondary N) is 1. The number of amides is 1. The van der Waals surface area contributed by atoms with Crippen molar-refractivity contribution in [2.75, 3.05) is 7.11 Å². The van der Waals surface area contributed by atoms with E-state index in [1.807, 2.05) is 0 Å². The van der Waals surface area contributed by atoms with Crippen molar-refractivity contribution in [3.8, 4) is 11.4 Å². The summed E-state index contributed by atoms with van der Waals surface area (Å²) in [5.74, 6) is 0.651. The number of para-hydroxylation sites is 2. The molecular formula is C18H17N3O5. The Morgan fingerprint density at radius 2 is 1.92 bits per heavy atom. The van der Waals surface area contributed by atoms with Crippen LogP contribution in [-0.4, -0.2) is 22.2 Å². The SMILES string of the molecule is COc1ccccc1-n1ccn(CC(=O)NCc2ccco2)c(=O)c1=O. The van der Waals surface area contributed by atoms with Crippen LogP contribution in [0.2, 0.25) is 0 Å². The lowest BCUT2D eigenvalue weighted by molar-refractivity contribution is -0.122. The first-order valence-electron chi connectivity index (χ1n) is 7.84. The highest BCUT2D eigenvalue weighted by molar-refractivity contribution is 5.75. The average molecular weight is 355 g/mol. The molecule has 3 rings (SSSR count). The lowest BCUT2D eigenvalue weighted by Crippen LogP contribution is -2.42. The monoisotopic (exact) mass is 355 g/mol. The number of hydrogen-bond donors (Lipinski definition) is 1. The molecule has 2 aromatic heterocycles. The molecule has 0 aliphatic rings. The predicted molar refractivity (Wildman–Crippen MR) is 93.4 cm³/mol. The lowest BCUT2D eigenvalue weighted by atomic mass is 10.3. The highest BCUT2D eigenvalue weighted by Gasteiger charge is 2.12. The minimum atomic E-state index is -0.799. The van der Waals surface area contributed by atoms with Gasteiger partial charge in [-0.2, -0.15) is 0 Å². The summed E-state index contributed by atoms with van der Waals surface area (Å²) < 4.78 is 12.6. The molecule has 1 N–H and O–H groups in total. The molecule has 2 heterocycles. The van der Waals surface area contributed by atoms with Crippen LogP contribution in [-0.2, 0) is 17.9 Å². The fourth-order valence-corrected chi connectivity index (χ4v) is 2.46. The number of aromatic nitrogens is 2. The Balaban J connectivity index is 1.80. The summed E-state index contributed by atoms with van der Waals surface area (Å²) in [6.45, 7) is -0.0551. The zero-order chi connectivity index (χ0) is 18.5. The van der Waals surface area contributed by atoms with E-state index in [2.05, 4.69) is 5.32 Å². The number of methoxy groups -OCH3 is 1. The molecule has 0 saturated carbocycles. The summed E-state index contributed by atoms with van der Waals surface area (Å²) in [4.78, 5) is 36.7. The van der Waals surface area contributed by atoms with E-state index in [-0.39, 0.29) is 13.1 Å². The molecule has 26 heavy (non-hydrogen) atoms. The molecule has 134 valence electrons. The highest BCUT2D eigenvalue weighted by Crippen LogP contribution is 2.19. The number of carbonyl (C=O) groups is 1. The van der Waals surface area contributed by atoms with Crippen LogP contribution in [0.15, 0.2) is 69.1 Å². The van der Waals surface area contributed by atoms with Crippen LogP contribution in [0.25, 0.3) is 5.69 Å². The van der Waals surface area contributed by atoms with Crippen molar-refractivity contribution < 1.29 is 13.9 Å². The van der Waals surface area contributed by atoms with Crippen LogP contribution in [0, 0.1) is 0 Å². The Hall–Kier alpha value is -3.55. The first kappa shape index (κ1) is 17.3. The molecular weight excluding hydrogens is 338 g/mol. The van der Waals surface area contributed by atoms with E-state index in [1.165, 1.54) is 30.3 Å². The van der Waals surface area contributed by atoms with Gasteiger partial charge in [0.2, 0.25) is 5.91 Å². The van der Waals surface area contributed by atoms with Crippen molar-refractivity contribution in [3.05, 3.63) is 81.5 Å². The van der Waals surface area contributed by atoms with E-state index in [0.717, 1.165) is 4.57 Å². The van der Waals surface area contributed by atoms with Gasteiger partial charge in [0.1, 0.15) is 18.1 Å². The second-order valence-electron chi connectivity index (χ2n) is 5.43. The summed E-state index contributed by atoms with van der Waals surface area (Å²) in [6.07, 6.45) is 4.33. The third-order valence-corrected chi connectivity index (χ3v) is 3.76. The molecule has 3 aromatic rings. The third kappa shape index (κ3) is 3.59. The van der Waals surface area contributed by atoms with Gasteiger partial charge in [-0.1, -0.05) is 12.1 Å². The van der Waals surface area contributed by atoms with E-state index in [0.29, 0.717) is 17.2 Å². The van der Waals surface area contributed by atoms with E-state index >= 15 is 0 Å². The van der Waals surface area contributed by atoms with E-state index < -0.39 is 17.0 Å². The number of carbonyl (C=O) groups excluding carboxylic acids is 1. The molecule has 0 spiro atoms. The number of ether oxygens (including phenoxy) is 1. The van der Waals surface area contributed by atoms with Crippen molar-refractivity contribution in [2.24, 2.45) is 0 Å². The van der Waals surface area contributed by atoms with Gasteiger partial charge in [-0.05, 0) is 24.3 Å². The number of nitrogens with zero attached hydrogens (tertiary/aromatic N) is 2. The highest BCUT2D eigenvalue weighted by atomic mass is 16.5. The van der Waals surface area contributed by atoms with Gasteiger partial charge in [0.05, 0.1) is 25.6 Å². The summed E-state index contributed by atoms with van der Waals surface area (Å²) in [7, 11) is 1.48. The minimum Gasteiger partial charge on any atom is -0.495 e. The van der Waals surface area contributed by atoms with Crippen molar-refractivity contribution in [3.63, 3.8) is 0 Å². The Morgan fingerprint density at radius 1 is 1.12 bits per heavy atom. The summed E-state index contributed by atoms with van der Waals surface area (Å²) in [5, 5.41) is 2.62. The number of hydrogen-bond acceptors (Lipinski definition) is 5. The van der Waals surface area contributed by atoms with Crippen molar-refractivity contribution in [1.82, 2.24) is 14.5 Å². The maximum absolute atomic E-state index is 12.4. The first-order chi connectivity index (χ1) is 12.6. The largest absolute Gasteiger partial charge is 0.495 e. The zero-order valence-corrected chi connectivity index (χ0v) is 14.0. The van der Waals surface area contributed by atoms with Gasteiger partial charge < -0.3 is 14.5 Å². The Morgan fingerprint density at radius 3 is 2.65 bits per heavy atom. The smallest absolute Gasteiger partial charge is 0.321 e. The third-order valence-electron chi connectivity index (χ3n) is 3.76. The summed E-state index contributed by atoms with van der Waals surface area (Å²) in [5.41, 5.74) is -1.12. The van der Waals surface area contributed by atoms with Crippen LogP contribution < -0.4 is 21.2 Å². The maximum atomic E-state index is 12.4. The van der Waals surface area contributed by atoms with Crippen LogP contribution in [0.4, 0.5) is 0 Å². The molecule has 0 atom stereocenters. The van der Waals surface area contributed by atoms with Gasteiger partial charge >= 0.3 is 11.1 Å². The fraction of sp³-hybridized carbons (Fsp3) is 0.167. The standard InChI is InChI=1S/C18H17N3O5/c1-25-15-7-3-2-6-14(15)21-9-8-20(17(23)18(21)24)12-16(22)19-11-13-5-4-10-26-13/h2-10H,11-12H2,1H3,(H,19,22). The van der Waals surface area contributed by atoms with Crippen LogP contribution in [0.1, 0.15) is 5.76 Å². The summed E-state index contributed by atoms with van der Waals surface area (Å²) in [6, 6.07) is 10.3. The van der Waals surface area contributed by atoms with Crippen molar-refractivity contribution >= 4 is 5.91 Å². The molecule has 0 aliphatic heterocycles. The van der Waals surface area contributed by atoms with Gasteiger partial charge in [0.25, 0.3) is 0 Å².